The van der Waals surface area contributed by atoms with E-state index in [9.17, 15) is 0 Å². The number of piperidine rings is 1. The fourth-order valence-electron chi connectivity index (χ4n) is 3.72. The fraction of sp³-hybridized carbons (Fsp3) is 0.778. The van der Waals surface area contributed by atoms with Crippen molar-refractivity contribution < 1.29 is 9.15 Å². The molecule has 2 saturated heterocycles. The van der Waals surface area contributed by atoms with Gasteiger partial charge in [0.25, 0.3) is 0 Å². The van der Waals surface area contributed by atoms with Gasteiger partial charge in [-0.1, -0.05) is 0 Å². The van der Waals surface area contributed by atoms with Gasteiger partial charge >= 0.3 is 0 Å². The molecule has 5 nitrogen and oxygen atoms in total. The van der Waals surface area contributed by atoms with Crippen LogP contribution in [0.1, 0.15) is 18.6 Å². The van der Waals surface area contributed by atoms with Crippen LogP contribution in [-0.4, -0.2) is 81.3 Å². The molecule has 0 amide bonds. The summed E-state index contributed by atoms with van der Waals surface area (Å²) in [5.74, 6) is 1.07. The van der Waals surface area contributed by atoms with Crippen LogP contribution in [0.15, 0.2) is 22.8 Å². The molecule has 2 aliphatic heterocycles. The van der Waals surface area contributed by atoms with Crippen LogP contribution in [0.25, 0.3) is 0 Å². The van der Waals surface area contributed by atoms with Gasteiger partial charge in [0, 0.05) is 31.6 Å². The lowest BCUT2D eigenvalue weighted by Gasteiger charge is -2.42. The van der Waals surface area contributed by atoms with Crippen LogP contribution in [0.5, 0.6) is 0 Å². The topological polar surface area (TPSA) is 32.1 Å². The summed E-state index contributed by atoms with van der Waals surface area (Å²) in [7, 11) is 4.30. The lowest BCUT2D eigenvalue weighted by molar-refractivity contribution is 0.0113. The molecule has 1 aromatic rings. The van der Waals surface area contributed by atoms with Gasteiger partial charge in [-0.05, 0) is 52.2 Å². The summed E-state index contributed by atoms with van der Waals surface area (Å²) in [6.07, 6.45) is 4.22. The van der Waals surface area contributed by atoms with Crippen LogP contribution >= 0.6 is 0 Å². The molecule has 0 aromatic carbocycles. The Balaban J connectivity index is 1.52. The van der Waals surface area contributed by atoms with Crippen LogP contribution < -0.4 is 0 Å². The summed E-state index contributed by atoms with van der Waals surface area (Å²) in [4.78, 5) is 7.39. The third-order valence-electron chi connectivity index (χ3n) is 5.26. The number of likely N-dealkylation sites (N-methyl/N-ethyl adjacent to an activating group) is 1. The van der Waals surface area contributed by atoms with Crippen molar-refractivity contribution in [2.45, 2.75) is 19.4 Å². The van der Waals surface area contributed by atoms with E-state index in [0.717, 1.165) is 58.2 Å². The summed E-state index contributed by atoms with van der Waals surface area (Å²) in [6, 6.07) is 4.05. The minimum Gasteiger partial charge on any atom is -0.468 e. The van der Waals surface area contributed by atoms with Gasteiger partial charge in [-0.2, -0.15) is 0 Å². The molecule has 0 bridgehead atoms. The van der Waals surface area contributed by atoms with Crippen molar-refractivity contribution >= 4 is 0 Å². The number of hydrogen-bond donors (Lipinski definition) is 0. The van der Waals surface area contributed by atoms with E-state index in [-0.39, 0.29) is 0 Å². The molecule has 1 spiro atoms. The highest BCUT2D eigenvalue weighted by Crippen LogP contribution is 2.34. The average molecular weight is 321 g/mol. The predicted molar refractivity (Wildman–Crippen MR) is 91.5 cm³/mol. The molecule has 5 heteroatoms. The average Bonchev–Trinajstić information content (AvgIpc) is 2.96. The van der Waals surface area contributed by atoms with E-state index in [4.69, 9.17) is 9.15 Å². The third-order valence-corrected chi connectivity index (χ3v) is 5.26. The molecule has 23 heavy (non-hydrogen) atoms. The summed E-state index contributed by atoms with van der Waals surface area (Å²) in [5.41, 5.74) is 0.350. The van der Waals surface area contributed by atoms with Crippen molar-refractivity contribution in [1.29, 1.82) is 0 Å². The van der Waals surface area contributed by atoms with Crippen molar-refractivity contribution in [2.24, 2.45) is 5.41 Å². The maximum absolute atomic E-state index is 5.97. The Morgan fingerprint density at radius 3 is 2.70 bits per heavy atom. The Kier molecular flexibility index (Phi) is 5.75. The van der Waals surface area contributed by atoms with E-state index < -0.39 is 0 Å². The summed E-state index contributed by atoms with van der Waals surface area (Å²) < 4.78 is 11.5. The monoisotopic (exact) mass is 321 g/mol. The van der Waals surface area contributed by atoms with Crippen LogP contribution in [-0.2, 0) is 11.3 Å². The lowest BCUT2D eigenvalue weighted by Crippen LogP contribution is -2.47. The molecule has 0 N–H and O–H groups in total. The number of ether oxygens (including phenoxy) is 1. The van der Waals surface area contributed by atoms with Gasteiger partial charge in [0.15, 0.2) is 0 Å². The molecule has 3 heterocycles. The largest absolute Gasteiger partial charge is 0.468 e. The van der Waals surface area contributed by atoms with Gasteiger partial charge in [0.2, 0.25) is 0 Å². The second-order valence-electron chi connectivity index (χ2n) is 7.49. The Bertz CT molecular complexity index is 453. The van der Waals surface area contributed by atoms with Gasteiger partial charge in [-0.25, -0.2) is 0 Å². The Hall–Kier alpha value is -0.880. The zero-order valence-electron chi connectivity index (χ0n) is 14.7. The van der Waals surface area contributed by atoms with Crippen molar-refractivity contribution in [1.82, 2.24) is 14.7 Å². The second kappa shape index (κ2) is 7.79. The number of hydrogen-bond acceptors (Lipinski definition) is 5. The maximum atomic E-state index is 5.97. The summed E-state index contributed by atoms with van der Waals surface area (Å²) >= 11 is 0. The molecule has 0 radical (unpaired) electrons. The highest BCUT2D eigenvalue weighted by atomic mass is 16.5. The zero-order chi connectivity index (χ0) is 16.1. The van der Waals surface area contributed by atoms with Crippen LogP contribution in [0.3, 0.4) is 0 Å². The molecule has 0 atom stereocenters. The van der Waals surface area contributed by atoms with Crippen LogP contribution in [0.2, 0.25) is 0 Å². The number of likely N-dealkylation sites (tertiary alicyclic amines) is 1. The smallest absolute Gasteiger partial charge is 0.117 e. The first kappa shape index (κ1) is 17.0. The molecule has 0 unspecified atom stereocenters. The lowest BCUT2D eigenvalue weighted by atomic mass is 9.78. The van der Waals surface area contributed by atoms with Gasteiger partial charge in [-0.15, -0.1) is 0 Å². The summed E-state index contributed by atoms with van der Waals surface area (Å²) in [5, 5.41) is 0. The van der Waals surface area contributed by atoms with Crippen molar-refractivity contribution in [3.05, 3.63) is 24.2 Å². The minimum atomic E-state index is 0.350. The van der Waals surface area contributed by atoms with Gasteiger partial charge in [0.05, 0.1) is 26.0 Å². The first-order valence-electron chi connectivity index (χ1n) is 8.85. The number of furan rings is 1. The van der Waals surface area contributed by atoms with Gasteiger partial charge < -0.3 is 14.1 Å². The molecule has 0 saturated carbocycles. The van der Waals surface area contributed by atoms with E-state index in [0.29, 0.717) is 5.41 Å². The molecular formula is C18H31N3O2. The van der Waals surface area contributed by atoms with Gasteiger partial charge in [-0.3, -0.25) is 9.80 Å². The van der Waals surface area contributed by atoms with E-state index in [2.05, 4.69) is 34.9 Å². The Labute approximate surface area is 140 Å². The SMILES string of the molecule is CN(C)CCN1CCOCC2(CCN(Cc3ccco3)CC2)C1. The standard InChI is InChI=1S/C18H31N3O2/c1-19(2)9-10-21-11-13-22-16-18(15-21)5-7-20(8-6-18)14-17-4-3-12-23-17/h3-4,12H,5-11,13-16H2,1-2H3. The molecular weight excluding hydrogens is 290 g/mol. The highest BCUT2D eigenvalue weighted by molar-refractivity contribution is 4.99. The predicted octanol–water partition coefficient (Wildman–Crippen LogP) is 1.76. The van der Waals surface area contributed by atoms with E-state index >= 15 is 0 Å². The third kappa shape index (κ3) is 4.80. The minimum absolute atomic E-state index is 0.350. The van der Waals surface area contributed by atoms with Crippen molar-refractivity contribution in [3.63, 3.8) is 0 Å². The first-order chi connectivity index (χ1) is 11.2. The number of rotatable bonds is 5. The maximum Gasteiger partial charge on any atom is 0.117 e. The van der Waals surface area contributed by atoms with Crippen molar-refractivity contribution in [3.8, 4) is 0 Å². The summed E-state index contributed by atoms with van der Waals surface area (Å²) in [6.45, 7) is 9.58. The Morgan fingerprint density at radius 2 is 2.00 bits per heavy atom. The number of nitrogens with zero attached hydrogens (tertiary/aromatic N) is 3. The second-order valence-corrected chi connectivity index (χ2v) is 7.49. The zero-order valence-corrected chi connectivity index (χ0v) is 14.7. The highest BCUT2D eigenvalue weighted by Gasteiger charge is 2.37. The molecule has 130 valence electrons. The van der Waals surface area contributed by atoms with Crippen LogP contribution in [0, 0.1) is 5.41 Å². The molecule has 2 fully saturated rings. The molecule has 3 rings (SSSR count). The first-order valence-corrected chi connectivity index (χ1v) is 8.85. The van der Waals surface area contributed by atoms with E-state index in [1.165, 1.54) is 19.4 Å². The molecule has 1 aromatic heterocycles. The van der Waals surface area contributed by atoms with Crippen molar-refractivity contribution in [2.75, 3.05) is 66.6 Å². The van der Waals surface area contributed by atoms with E-state index in [1.807, 2.05) is 6.07 Å². The quantitative estimate of drug-likeness (QED) is 0.825. The molecule has 0 aliphatic carbocycles. The fourth-order valence-corrected chi connectivity index (χ4v) is 3.72. The van der Waals surface area contributed by atoms with Gasteiger partial charge in [0.1, 0.15) is 5.76 Å². The normalized spacial score (nSPS) is 23.4. The molecule has 2 aliphatic rings. The van der Waals surface area contributed by atoms with E-state index in [1.54, 1.807) is 6.26 Å². The van der Waals surface area contributed by atoms with Crippen LogP contribution in [0.4, 0.5) is 0 Å². The Morgan fingerprint density at radius 1 is 1.17 bits per heavy atom.